The van der Waals surface area contributed by atoms with Crippen molar-refractivity contribution < 1.29 is 9.53 Å². The number of halogens is 1. The van der Waals surface area contributed by atoms with E-state index >= 15 is 0 Å². The van der Waals surface area contributed by atoms with Gasteiger partial charge in [0.05, 0.1) is 6.61 Å². The zero-order chi connectivity index (χ0) is 11.3. The average molecular weight is 228 g/mol. The van der Waals surface area contributed by atoms with Crippen molar-refractivity contribution in [1.29, 1.82) is 0 Å². The second-order valence-electron chi connectivity index (χ2n) is 3.35. The van der Waals surface area contributed by atoms with E-state index in [9.17, 15) is 4.79 Å². The first-order valence-corrected chi connectivity index (χ1v) is 5.04. The Morgan fingerprint density at radius 3 is 2.93 bits per heavy atom. The van der Waals surface area contributed by atoms with Crippen LogP contribution >= 0.6 is 11.6 Å². The van der Waals surface area contributed by atoms with E-state index in [1.165, 1.54) is 0 Å². The van der Waals surface area contributed by atoms with E-state index in [0.29, 0.717) is 17.2 Å². The molecule has 82 valence electrons. The minimum atomic E-state index is -0.263. The molecule has 1 aromatic rings. The molecule has 1 aromatic carbocycles. The fourth-order valence-corrected chi connectivity index (χ4v) is 1.48. The molecule has 1 atom stereocenters. The van der Waals surface area contributed by atoms with Crippen molar-refractivity contribution in [2.24, 2.45) is 5.73 Å². The van der Waals surface area contributed by atoms with Crippen LogP contribution in [0.1, 0.15) is 16.8 Å². The van der Waals surface area contributed by atoms with Gasteiger partial charge in [-0.05, 0) is 12.1 Å². The highest BCUT2D eigenvalue weighted by molar-refractivity contribution is 6.31. The summed E-state index contributed by atoms with van der Waals surface area (Å²) in [5.41, 5.74) is 6.27. The van der Waals surface area contributed by atoms with E-state index in [1.807, 2.05) is 0 Å². The summed E-state index contributed by atoms with van der Waals surface area (Å²) in [6, 6.07) is 6.59. The largest absolute Gasteiger partial charge is 0.383 e. The van der Waals surface area contributed by atoms with Crippen LogP contribution in [0.5, 0.6) is 0 Å². The van der Waals surface area contributed by atoms with Crippen LogP contribution in [0.3, 0.4) is 0 Å². The third kappa shape index (κ3) is 4.00. The van der Waals surface area contributed by atoms with Gasteiger partial charge in [-0.3, -0.25) is 4.79 Å². The molecule has 0 radical (unpaired) electrons. The zero-order valence-corrected chi connectivity index (χ0v) is 9.33. The predicted octanol–water partition coefficient (Wildman–Crippen LogP) is 1.89. The van der Waals surface area contributed by atoms with Gasteiger partial charge in [-0.15, -0.1) is 0 Å². The van der Waals surface area contributed by atoms with E-state index in [1.54, 1.807) is 31.4 Å². The van der Waals surface area contributed by atoms with Gasteiger partial charge in [0.25, 0.3) is 0 Å². The molecule has 0 fully saturated rings. The molecular weight excluding hydrogens is 214 g/mol. The monoisotopic (exact) mass is 227 g/mol. The molecule has 0 spiro atoms. The highest BCUT2D eigenvalue weighted by atomic mass is 35.5. The fourth-order valence-electron chi connectivity index (χ4n) is 1.29. The number of carbonyl (C=O) groups excluding carboxylic acids is 1. The van der Waals surface area contributed by atoms with E-state index in [2.05, 4.69) is 0 Å². The Hall–Kier alpha value is -0.900. The Morgan fingerprint density at radius 2 is 2.33 bits per heavy atom. The van der Waals surface area contributed by atoms with Gasteiger partial charge in [0.15, 0.2) is 5.78 Å². The number of hydrogen-bond acceptors (Lipinski definition) is 3. The third-order valence-electron chi connectivity index (χ3n) is 1.97. The van der Waals surface area contributed by atoms with Crippen molar-refractivity contribution >= 4 is 17.4 Å². The van der Waals surface area contributed by atoms with Gasteiger partial charge in [-0.2, -0.15) is 0 Å². The van der Waals surface area contributed by atoms with Gasteiger partial charge < -0.3 is 10.5 Å². The summed E-state index contributed by atoms with van der Waals surface area (Å²) >= 11 is 5.78. The lowest BCUT2D eigenvalue weighted by atomic mass is 10.0. The summed E-state index contributed by atoms with van der Waals surface area (Å²) in [5.74, 6) is -0.0120. The number of hydrogen-bond donors (Lipinski definition) is 1. The maximum absolute atomic E-state index is 11.7. The zero-order valence-electron chi connectivity index (χ0n) is 8.57. The minimum Gasteiger partial charge on any atom is -0.383 e. The van der Waals surface area contributed by atoms with Gasteiger partial charge >= 0.3 is 0 Å². The van der Waals surface area contributed by atoms with Gasteiger partial charge in [0.2, 0.25) is 0 Å². The van der Waals surface area contributed by atoms with Crippen LogP contribution in [-0.2, 0) is 4.74 Å². The van der Waals surface area contributed by atoms with E-state index < -0.39 is 0 Å². The molecular formula is C11H14ClNO2. The van der Waals surface area contributed by atoms with Crippen LogP contribution in [0.4, 0.5) is 0 Å². The number of Topliss-reactive ketones (excluding diaryl/α,β-unsaturated/α-hetero) is 1. The van der Waals surface area contributed by atoms with Crippen LogP contribution in [0.15, 0.2) is 24.3 Å². The van der Waals surface area contributed by atoms with Crippen molar-refractivity contribution in [3.8, 4) is 0 Å². The molecule has 1 rings (SSSR count). The first-order chi connectivity index (χ1) is 7.13. The van der Waals surface area contributed by atoms with Crippen molar-refractivity contribution in [3.05, 3.63) is 34.9 Å². The predicted molar refractivity (Wildman–Crippen MR) is 60.3 cm³/mol. The van der Waals surface area contributed by atoms with E-state index in [-0.39, 0.29) is 18.2 Å². The number of benzene rings is 1. The van der Waals surface area contributed by atoms with Crippen molar-refractivity contribution in [2.75, 3.05) is 13.7 Å². The molecule has 0 heterocycles. The molecule has 0 saturated carbocycles. The highest BCUT2D eigenvalue weighted by Gasteiger charge is 2.11. The van der Waals surface area contributed by atoms with E-state index in [4.69, 9.17) is 22.1 Å². The Labute approximate surface area is 94.2 Å². The van der Waals surface area contributed by atoms with Crippen LogP contribution in [-0.4, -0.2) is 25.5 Å². The lowest BCUT2D eigenvalue weighted by molar-refractivity contribution is 0.0949. The SMILES string of the molecule is COCC(N)CC(=O)c1cccc(Cl)c1. The molecule has 4 heteroatoms. The summed E-state index contributed by atoms with van der Waals surface area (Å²) in [7, 11) is 1.56. The Morgan fingerprint density at radius 1 is 1.60 bits per heavy atom. The molecule has 2 N–H and O–H groups in total. The topological polar surface area (TPSA) is 52.3 Å². The average Bonchev–Trinajstić information content (AvgIpc) is 2.18. The summed E-state index contributed by atoms with van der Waals surface area (Å²) in [6.45, 7) is 0.381. The van der Waals surface area contributed by atoms with Gasteiger partial charge in [-0.25, -0.2) is 0 Å². The molecule has 3 nitrogen and oxygen atoms in total. The normalized spacial score (nSPS) is 12.5. The molecule has 0 bridgehead atoms. The Kier molecular flexibility index (Phi) is 4.75. The molecule has 0 aliphatic heterocycles. The number of ether oxygens (including phenoxy) is 1. The van der Waals surface area contributed by atoms with Crippen molar-refractivity contribution in [2.45, 2.75) is 12.5 Å². The van der Waals surface area contributed by atoms with Crippen LogP contribution in [0.25, 0.3) is 0 Å². The molecule has 1 unspecified atom stereocenters. The molecule has 0 saturated heterocycles. The highest BCUT2D eigenvalue weighted by Crippen LogP contribution is 2.12. The first-order valence-electron chi connectivity index (χ1n) is 4.66. The molecule has 15 heavy (non-hydrogen) atoms. The standard InChI is InChI=1S/C11H14ClNO2/c1-15-7-10(13)6-11(14)8-3-2-4-9(12)5-8/h2-5,10H,6-7,13H2,1H3. The van der Waals surface area contributed by atoms with Crippen molar-refractivity contribution in [3.63, 3.8) is 0 Å². The number of rotatable bonds is 5. The molecule has 0 aromatic heterocycles. The Bertz CT molecular complexity index is 341. The second-order valence-corrected chi connectivity index (χ2v) is 3.79. The molecule has 0 aliphatic carbocycles. The summed E-state index contributed by atoms with van der Waals surface area (Å²) in [4.78, 5) is 11.7. The number of carbonyl (C=O) groups is 1. The number of nitrogens with two attached hydrogens (primary N) is 1. The summed E-state index contributed by atoms with van der Waals surface area (Å²) < 4.78 is 4.86. The lowest BCUT2D eigenvalue weighted by Gasteiger charge is -2.09. The van der Waals surface area contributed by atoms with Crippen LogP contribution in [0, 0.1) is 0 Å². The Balaban J connectivity index is 2.61. The molecule has 0 aliphatic rings. The smallest absolute Gasteiger partial charge is 0.164 e. The minimum absolute atomic E-state index is 0.0120. The van der Waals surface area contributed by atoms with Gasteiger partial charge in [0, 0.05) is 30.2 Å². The lowest BCUT2D eigenvalue weighted by Crippen LogP contribution is -2.28. The van der Waals surface area contributed by atoms with Crippen molar-refractivity contribution in [1.82, 2.24) is 0 Å². The number of methoxy groups -OCH3 is 1. The quantitative estimate of drug-likeness (QED) is 0.782. The second kappa shape index (κ2) is 5.85. The summed E-state index contributed by atoms with van der Waals surface area (Å²) in [6.07, 6.45) is 0.272. The first kappa shape index (κ1) is 12.2. The fraction of sp³-hybridized carbons (Fsp3) is 0.364. The maximum Gasteiger partial charge on any atom is 0.164 e. The summed E-state index contributed by atoms with van der Waals surface area (Å²) in [5, 5.41) is 0.557. The maximum atomic E-state index is 11.7. The van der Waals surface area contributed by atoms with Gasteiger partial charge in [0.1, 0.15) is 0 Å². The van der Waals surface area contributed by atoms with E-state index in [0.717, 1.165) is 0 Å². The van der Waals surface area contributed by atoms with Gasteiger partial charge in [-0.1, -0.05) is 23.7 Å². The molecule has 0 amide bonds. The van der Waals surface area contributed by atoms with Crippen LogP contribution < -0.4 is 5.73 Å². The third-order valence-corrected chi connectivity index (χ3v) is 2.21. The van der Waals surface area contributed by atoms with Crippen LogP contribution in [0.2, 0.25) is 5.02 Å². The number of ketones is 1.